The van der Waals surface area contributed by atoms with Crippen LogP contribution in [0.15, 0.2) is 24.3 Å². The standard InChI is InChI=1S/C16H25NO/c1-18-16-9-5-4-8-15(16)11-14(12-17)10-13-6-2-3-7-13/h4-5,8-9,13-14H,2-3,6-7,10-12,17H2,1H3. The molecule has 0 bridgehead atoms. The number of benzene rings is 1. The van der Waals surface area contributed by atoms with Crippen molar-refractivity contribution in [1.29, 1.82) is 0 Å². The van der Waals surface area contributed by atoms with Gasteiger partial charge in [-0.2, -0.15) is 0 Å². The summed E-state index contributed by atoms with van der Waals surface area (Å²) in [6.45, 7) is 0.786. The van der Waals surface area contributed by atoms with Gasteiger partial charge in [-0.3, -0.25) is 0 Å². The predicted octanol–water partition coefficient (Wildman–Crippen LogP) is 3.39. The first kappa shape index (κ1) is 13.4. The van der Waals surface area contributed by atoms with E-state index in [0.717, 1.165) is 24.6 Å². The van der Waals surface area contributed by atoms with Crippen molar-refractivity contribution in [1.82, 2.24) is 0 Å². The molecule has 1 aliphatic carbocycles. The third-order valence-corrected chi connectivity index (χ3v) is 4.18. The number of hydrogen-bond donors (Lipinski definition) is 1. The molecule has 1 aromatic rings. The fourth-order valence-electron chi connectivity index (χ4n) is 3.16. The zero-order chi connectivity index (χ0) is 12.8. The van der Waals surface area contributed by atoms with Gasteiger partial charge in [0.05, 0.1) is 7.11 Å². The van der Waals surface area contributed by atoms with Gasteiger partial charge < -0.3 is 10.5 Å². The van der Waals surface area contributed by atoms with E-state index in [2.05, 4.69) is 12.1 Å². The highest BCUT2D eigenvalue weighted by atomic mass is 16.5. The van der Waals surface area contributed by atoms with Crippen LogP contribution >= 0.6 is 0 Å². The van der Waals surface area contributed by atoms with Gasteiger partial charge in [-0.15, -0.1) is 0 Å². The SMILES string of the molecule is COc1ccccc1CC(CN)CC1CCCC1. The Kier molecular flexibility index (Phi) is 5.06. The summed E-state index contributed by atoms with van der Waals surface area (Å²) in [5.74, 6) is 2.51. The van der Waals surface area contributed by atoms with Crippen LogP contribution in [0.1, 0.15) is 37.7 Å². The fraction of sp³-hybridized carbons (Fsp3) is 0.625. The molecule has 0 spiro atoms. The molecule has 0 saturated heterocycles. The van der Waals surface area contributed by atoms with E-state index < -0.39 is 0 Å². The second kappa shape index (κ2) is 6.79. The van der Waals surface area contributed by atoms with Crippen LogP contribution in [0.4, 0.5) is 0 Å². The molecular formula is C16H25NO. The Morgan fingerprint density at radius 1 is 1.28 bits per heavy atom. The lowest BCUT2D eigenvalue weighted by molar-refractivity contribution is 0.368. The van der Waals surface area contributed by atoms with E-state index in [0.29, 0.717) is 5.92 Å². The summed E-state index contributed by atoms with van der Waals surface area (Å²) in [7, 11) is 1.74. The lowest BCUT2D eigenvalue weighted by Crippen LogP contribution is -2.20. The molecule has 1 atom stereocenters. The molecule has 2 heteroatoms. The Bertz CT molecular complexity index is 358. The maximum absolute atomic E-state index is 5.95. The van der Waals surface area contributed by atoms with Crippen LogP contribution in [-0.2, 0) is 6.42 Å². The molecule has 18 heavy (non-hydrogen) atoms. The lowest BCUT2D eigenvalue weighted by atomic mass is 9.88. The monoisotopic (exact) mass is 247 g/mol. The van der Waals surface area contributed by atoms with Gasteiger partial charge >= 0.3 is 0 Å². The van der Waals surface area contributed by atoms with Crippen LogP contribution in [0.2, 0.25) is 0 Å². The highest BCUT2D eigenvalue weighted by Crippen LogP contribution is 2.32. The Morgan fingerprint density at radius 3 is 2.67 bits per heavy atom. The van der Waals surface area contributed by atoms with Gasteiger partial charge in [0.15, 0.2) is 0 Å². The number of hydrogen-bond acceptors (Lipinski definition) is 2. The van der Waals surface area contributed by atoms with E-state index in [9.17, 15) is 0 Å². The van der Waals surface area contributed by atoms with Crippen molar-refractivity contribution in [3.8, 4) is 5.75 Å². The third-order valence-electron chi connectivity index (χ3n) is 4.18. The number of rotatable bonds is 6. The smallest absolute Gasteiger partial charge is 0.122 e. The van der Waals surface area contributed by atoms with E-state index in [4.69, 9.17) is 10.5 Å². The Hall–Kier alpha value is -1.02. The average Bonchev–Trinajstić information content (AvgIpc) is 2.91. The zero-order valence-corrected chi connectivity index (χ0v) is 11.4. The Morgan fingerprint density at radius 2 is 2.00 bits per heavy atom. The third kappa shape index (κ3) is 3.49. The minimum absolute atomic E-state index is 0.601. The summed E-state index contributed by atoms with van der Waals surface area (Å²) in [6.07, 6.45) is 7.98. The largest absolute Gasteiger partial charge is 0.496 e. The van der Waals surface area contributed by atoms with Gasteiger partial charge in [-0.25, -0.2) is 0 Å². The average molecular weight is 247 g/mol. The summed E-state index contributed by atoms with van der Waals surface area (Å²) in [5, 5.41) is 0. The van der Waals surface area contributed by atoms with Crippen LogP contribution in [0, 0.1) is 11.8 Å². The predicted molar refractivity (Wildman–Crippen MR) is 75.8 cm³/mol. The number of para-hydroxylation sites is 1. The highest BCUT2D eigenvalue weighted by molar-refractivity contribution is 5.33. The van der Waals surface area contributed by atoms with E-state index in [1.54, 1.807) is 7.11 Å². The lowest BCUT2D eigenvalue weighted by Gasteiger charge is -2.20. The first-order valence-corrected chi connectivity index (χ1v) is 7.15. The molecule has 0 aliphatic heterocycles. The van der Waals surface area contributed by atoms with Gasteiger partial charge in [0.25, 0.3) is 0 Å². The first-order valence-electron chi connectivity index (χ1n) is 7.15. The molecule has 100 valence electrons. The minimum atomic E-state index is 0.601. The number of methoxy groups -OCH3 is 1. The quantitative estimate of drug-likeness (QED) is 0.836. The van der Waals surface area contributed by atoms with Crippen LogP contribution in [-0.4, -0.2) is 13.7 Å². The van der Waals surface area contributed by atoms with Gasteiger partial charge in [0.2, 0.25) is 0 Å². The van der Waals surface area contributed by atoms with Crippen LogP contribution in [0.25, 0.3) is 0 Å². The summed E-state index contributed by atoms with van der Waals surface area (Å²) < 4.78 is 5.42. The zero-order valence-electron chi connectivity index (χ0n) is 11.4. The molecule has 1 saturated carbocycles. The molecule has 2 rings (SSSR count). The maximum Gasteiger partial charge on any atom is 0.122 e. The Balaban J connectivity index is 1.96. The second-order valence-electron chi connectivity index (χ2n) is 5.50. The van der Waals surface area contributed by atoms with Gasteiger partial charge in [-0.1, -0.05) is 43.9 Å². The van der Waals surface area contributed by atoms with E-state index in [1.807, 2.05) is 12.1 Å². The van der Waals surface area contributed by atoms with Crippen molar-refractivity contribution in [2.75, 3.05) is 13.7 Å². The minimum Gasteiger partial charge on any atom is -0.496 e. The molecule has 0 amide bonds. The van der Waals surface area contributed by atoms with Crippen LogP contribution < -0.4 is 10.5 Å². The molecule has 0 radical (unpaired) electrons. The van der Waals surface area contributed by atoms with Crippen molar-refractivity contribution < 1.29 is 4.74 Å². The second-order valence-corrected chi connectivity index (χ2v) is 5.50. The van der Waals surface area contributed by atoms with Crippen molar-refractivity contribution >= 4 is 0 Å². The van der Waals surface area contributed by atoms with Crippen molar-refractivity contribution in [2.45, 2.75) is 38.5 Å². The van der Waals surface area contributed by atoms with Gasteiger partial charge in [-0.05, 0) is 42.9 Å². The van der Waals surface area contributed by atoms with Gasteiger partial charge in [0, 0.05) is 0 Å². The molecular weight excluding hydrogens is 222 g/mol. The molecule has 1 fully saturated rings. The summed E-state index contributed by atoms with van der Waals surface area (Å²) in [5.41, 5.74) is 7.25. The number of nitrogens with two attached hydrogens (primary N) is 1. The van der Waals surface area contributed by atoms with Crippen molar-refractivity contribution in [3.05, 3.63) is 29.8 Å². The molecule has 2 nitrogen and oxygen atoms in total. The van der Waals surface area contributed by atoms with Crippen molar-refractivity contribution in [2.24, 2.45) is 17.6 Å². The number of ether oxygens (including phenoxy) is 1. The molecule has 1 aliphatic rings. The van der Waals surface area contributed by atoms with Crippen LogP contribution in [0.3, 0.4) is 0 Å². The first-order chi connectivity index (χ1) is 8.83. The molecule has 1 aromatic carbocycles. The molecule has 1 unspecified atom stereocenters. The molecule has 2 N–H and O–H groups in total. The van der Waals surface area contributed by atoms with E-state index in [1.165, 1.54) is 37.7 Å². The van der Waals surface area contributed by atoms with E-state index >= 15 is 0 Å². The molecule has 0 heterocycles. The van der Waals surface area contributed by atoms with E-state index in [-0.39, 0.29) is 0 Å². The topological polar surface area (TPSA) is 35.2 Å². The fourth-order valence-corrected chi connectivity index (χ4v) is 3.16. The summed E-state index contributed by atoms with van der Waals surface area (Å²) in [6, 6.07) is 8.31. The van der Waals surface area contributed by atoms with Crippen LogP contribution in [0.5, 0.6) is 5.75 Å². The van der Waals surface area contributed by atoms with Gasteiger partial charge in [0.1, 0.15) is 5.75 Å². The Labute approximate surface area is 111 Å². The summed E-state index contributed by atoms with van der Waals surface area (Å²) >= 11 is 0. The normalized spacial score (nSPS) is 17.9. The van der Waals surface area contributed by atoms with Crippen molar-refractivity contribution in [3.63, 3.8) is 0 Å². The highest BCUT2D eigenvalue weighted by Gasteiger charge is 2.20. The molecule has 0 aromatic heterocycles. The summed E-state index contributed by atoms with van der Waals surface area (Å²) in [4.78, 5) is 0. The maximum atomic E-state index is 5.95.